The first-order valence-corrected chi connectivity index (χ1v) is 12.5. The zero-order chi connectivity index (χ0) is 23.7. The second-order valence-corrected chi connectivity index (χ2v) is 9.76. The van der Waals surface area contributed by atoms with Crippen molar-refractivity contribution < 1.29 is 14.4 Å². The third-order valence-corrected chi connectivity index (χ3v) is 7.16. The highest BCUT2D eigenvalue weighted by Crippen LogP contribution is 2.35. The van der Waals surface area contributed by atoms with Crippen molar-refractivity contribution in [3.8, 4) is 0 Å². The van der Waals surface area contributed by atoms with E-state index in [2.05, 4.69) is 21.7 Å². The number of carbonyl (C=O) groups is 3. The van der Waals surface area contributed by atoms with E-state index in [1.54, 1.807) is 18.5 Å². The van der Waals surface area contributed by atoms with Gasteiger partial charge in [-0.3, -0.25) is 24.3 Å². The molecule has 1 atom stereocenters. The van der Waals surface area contributed by atoms with Gasteiger partial charge in [0.2, 0.25) is 5.91 Å². The summed E-state index contributed by atoms with van der Waals surface area (Å²) in [6, 6.07) is 9.12. The predicted molar refractivity (Wildman–Crippen MR) is 129 cm³/mol. The molecule has 1 aromatic carbocycles. The van der Waals surface area contributed by atoms with Crippen molar-refractivity contribution in [1.82, 2.24) is 14.8 Å². The Balaban J connectivity index is 1.36. The average molecular weight is 461 g/mol. The normalized spacial score (nSPS) is 20.0. The molecule has 3 amide bonds. The lowest BCUT2D eigenvalue weighted by molar-refractivity contribution is -0.136. The molecule has 1 aliphatic carbocycles. The van der Waals surface area contributed by atoms with Crippen molar-refractivity contribution in [3.05, 3.63) is 59.4 Å². The van der Waals surface area contributed by atoms with Gasteiger partial charge >= 0.3 is 0 Å². The van der Waals surface area contributed by atoms with Gasteiger partial charge in [0.25, 0.3) is 11.8 Å². The van der Waals surface area contributed by atoms with Crippen molar-refractivity contribution in [2.75, 3.05) is 31.1 Å². The van der Waals surface area contributed by atoms with Crippen LogP contribution >= 0.6 is 0 Å². The number of aromatic nitrogens is 1. The third-order valence-electron chi connectivity index (χ3n) is 7.16. The van der Waals surface area contributed by atoms with Crippen LogP contribution in [0.15, 0.2) is 42.7 Å². The zero-order valence-corrected chi connectivity index (χ0v) is 19.8. The minimum absolute atomic E-state index is 0.0740. The van der Waals surface area contributed by atoms with Gasteiger partial charge in [-0.1, -0.05) is 13.0 Å². The fourth-order valence-corrected chi connectivity index (χ4v) is 5.22. The van der Waals surface area contributed by atoms with Gasteiger partial charge in [0.15, 0.2) is 0 Å². The molecule has 0 radical (unpaired) electrons. The lowest BCUT2D eigenvalue weighted by atomic mass is 9.94. The van der Waals surface area contributed by atoms with Crippen LogP contribution < -0.4 is 4.90 Å². The molecule has 7 nitrogen and oxygen atoms in total. The van der Waals surface area contributed by atoms with Gasteiger partial charge in [0.05, 0.1) is 29.3 Å². The molecule has 0 bridgehead atoms. The molecule has 178 valence electrons. The minimum atomic E-state index is -0.262. The fraction of sp³-hybridized carbons (Fsp3) is 0.481. The number of hydrogen-bond acceptors (Lipinski definition) is 5. The smallest absolute Gasteiger partial charge is 0.263 e. The monoisotopic (exact) mass is 460 g/mol. The van der Waals surface area contributed by atoms with Crippen LogP contribution in [-0.4, -0.2) is 58.7 Å². The number of rotatable bonds is 8. The van der Waals surface area contributed by atoms with Gasteiger partial charge in [-0.05, 0) is 67.9 Å². The fourth-order valence-electron chi connectivity index (χ4n) is 5.22. The predicted octanol–water partition coefficient (Wildman–Crippen LogP) is 3.74. The lowest BCUT2D eigenvalue weighted by Gasteiger charge is -2.37. The summed E-state index contributed by atoms with van der Waals surface area (Å²) in [4.78, 5) is 49.4. The lowest BCUT2D eigenvalue weighted by Crippen LogP contribution is -2.46. The van der Waals surface area contributed by atoms with Crippen LogP contribution in [0.1, 0.15) is 65.3 Å². The van der Waals surface area contributed by atoms with E-state index in [4.69, 9.17) is 0 Å². The van der Waals surface area contributed by atoms with E-state index in [9.17, 15) is 14.4 Å². The summed E-state index contributed by atoms with van der Waals surface area (Å²) in [5.41, 5.74) is 2.56. The second kappa shape index (κ2) is 9.57. The van der Waals surface area contributed by atoms with Crippen LogP contribution in [0, 0.1) is 11.8 Å². The first-order chi connectivity index (χ1) is 16.6. The molecule has 2 aromatic rings. The molecule has 0 unspecified atom stereocenters. The molecule has 1 saturated carbocycles. The van der Waals surface area contributed by atoms with Crippen molar-refractivity contribution in [1.29, 1.82) is 0 Å². The number of pyridine rings is 1. The van der Waals surface area contributed by atoms with Gasteiger partial charge in [-0.25, -0.2) is 0 Å². The summed E-state index contributed by atoms with van der Waals surface area (Å²) in [6.45, 7) is 5.40. The molecule has 34 heavy (non-hydrogen) atoms. The maximum Gasteiger partial charge on any atom is 0.263 e. The molecule has 2 fully saturated rings. The molecule has 1 saturated heterocycles. The third kappa shape index (κ3) is 4.43. The van der Waals surface area contributed by atoms with E-state index in [1.165, 1.54) is 17.7 Å². The maximum atomic E-state index is 13.4. The Morgan fingerprint density at radius 1 is 1.09 bits per heavy atom. The summed E-state index contributed by atoms with van der Waals surface area (Å²) in [7, 11) is 0. The standard InChI is InChI=1S/C27H32N4O3/c1-2-14-30(16-19-8-9-19)25(32)21-5-4-15-29(18-21)23-7-3-6-22-24(23)27(34)31(26(22)33)17-20-10-12-28-13-11-20/h3,6-7,10-13,19,21H,2,4-5,8-9,14-18H2,1H3/t21-/m1/s1. The Kier molecular flexibility index (Phi) is 6.35. The van der Waals surface area contributed by atoms with Crippen LogP contribution in [0.5, 0.6) is 0 Å². The van der Waals surface area contributed by atoms with Gasteiger partial charge in [0, 0.05) is 38.6 Å². The molecule has 0 N–H and O–H groups in total. The van der Waals surface area contributed by atoms with E-state index in [0.29, 0.717) is 23.6 Å². The molecule has 0 spiro atoms. The van der Waals surface area contributed by atoms with Crippen LogP contribution in [0.3, 0.4) is 0 Å². The largest absolute Gasteiger partial charge is 0.370 e. The maximum absolute atomic E-state index is 13.4. The van der Waals surface area contributed by atoms with E-state index >= 15 is 0 Å². The number of hydrogen-bond donors (Lipinski definition) is 0. The highest BCUT2D eigenvalue weighted by molar-refractivity contribution is 6.23. The average Bonchev–Trinajstić information content (AvgIpc) is 3.66. The van der Waals surface area contributed by atoms with E-state index in [-0.39, 0.29) is 30.2 Å². The molecule has 7 heteroatoms. The number of carbonyl (C=O) groups excluding carboxylic acids is 3. The Morgan fingerprint density at radius 3 is 2.62 bits per heavy atom. The number of nitrogens with zero attached hydrogens (tertiary/aromatic N) is 4. The van der Waals surface area contributed by atoms with Gasteiger partial charge < -0.3 is 9.80 Å². The van der Waals surface area contributed by atoms with Gasteiger partial charge in [-0.2, -0.15) is 0 Å². The second-order valence-electron chi connectivity index (χ2n) is 9.76. The molecule has 5 rings (SSSR count). The molecular formula is C27H32N4O3. The summed E-state index contributed by atoms with van der Waals surface area (Å²) < 4.78 is 0. The van der Waals surface area contributed by atoms with E-state index in [1.807, 2.05) is 24.3 Å². The van der Waals surface area contributed by atoms with Crippen LogP contribution in [0.2, 0.25) is 0 Å². The van der Waals surface area contributed by atoms with Crippen LogP contribution in [0.4, 0.5) is 5.69 Å². The summed E-state index contributed by atoms with van der Waals surface area (Å²) in [5.74, 6) is 0.314. The molecular weight excluding hydrogens is 428 g/mol. The Bertz CT molecular complexity index is 1080. The summed E-state index contributed by atoms with van der Waals surface area (Å²) in [5, 5.41) is 0. The molecule has 3 heterocycles. The highest BCUT2D eigenvalue weighted by Gasteiger charge is 2.40. The first kappa shape index (κ1) is 22.6. The van der Waals surface area contributed by atoms with Gasteiger partial charge in [-0.15, -0.1) is 0 Å². The van der Waals surface area contributed by atoms with E-state index < -0.39 is 0 Å². The number of anilines is 1. The number of imide groups is 1. The SMILES string of the molecule is CCCN(CC1CC1)C(=O)[C@@H]1CCCN(c2cccc3c2C(=O)N(Cc2ccncc2)C3=O)C1. The number of benzene rings is 1. The van der Waals surface area contributed by atoms with Crippen molar-refractivity contribution >= 4 is 23.4 Å². The molecule has 1 aromatic heterocycles. The molecule has 3 aliphatic rings. The first-order valence-electron chi connectivity index (χ1n) is 12.5. The Labute approximate surface area is 200 Å². The highest BCUT2D eigenvalue weighted by atomic mass is 16.2. The zero-order valence-electron chi connectivity index (χ0n) is 19.8. The van der Waals surface area contributed by atoms with Crippen molar-refractivity contribution in [3.63, 3.8) is 0 Å². The summed E-state index contributed by atoms with van der Waals surface area (Å²) in [6.07, 6.45) is 8.51. The van der Waals surface area contributed by atoms with Crippen molar-refractivity contribution in [2.45, 2.75) is 45.6 Å². The van der Waals surface area contributed by atoms with E-state index in [0.717, 1.165) is 50.1 Å². The number of amides is 3. The minimum Gasteiger partial charge on any atom is -0.370 e. The van der Waals surface area contributed by atoms with Gasteiger partial charge in [0.1, 0.15) is 0 Å². The quantitative estimate of drug-likeness (QED) is 0.561. The van der Waals surface area contributed by atoms with Crippen LogP contribution in [0.25, 0.3) is 0 Å². The van der Waals surface area contributed by atoms with Crippen LogP contribution in [-0.2, 0) is 11.3 Å². The molecule has 2 aliphatic heterocycles. The van der Waals surface area contributed by atoms with Crippen molar-refractivity contribution in [2.24, 2.45) is 11.8 Å². The number of fused-ring (bicyclic) bond motifs is 1. The Hall–Kier alpha value is -3.22. The Morgan fingerprint density at radius 2 is 1.88 bits per heavy atom. The number of piperidine rings is 1. The summed E-state index contributed by atoms with van der Waals surface area (Å²) >= 11 is 0. The topological polar surface area (TPSA) is 73.8 Å².